The number of anilines is 1. The van der Waals surface area contributed by atoms with E-state index in [1.807, 2.05) is 18.2 Å². The third-order valence-electron chi connectivity index (χ3n) is 5.34. The van der Waals surface area contributed by atoms with Crippen molar-refractivity contribution in [1.82, 2.24) is 20.3 Å². The Morgan fingerprint density at radius 1 is 1.32 bits per heavy atom. The Kier molecular flexibility index (Phi) is 5.82. The van der Waals surface area contributed by atoms with Gasteiger partial charge in [-0.1, -0.05) is 36.1 Å². The predicted molar refractivity (Wildman–Crippen MR) is 121 cm³/mol. The monoisotopic (exact) mass is 457 g/mol. The number of fused-ring (bicyclic) bond motifs is 2. The number of hydrogen-bond donors (Lipinski definition) is 1. The van der Waals surface area contributed by atoms with E-state index in [1.54, 1.807) is 11.3 Å². The molecule has 2 aliphatic heterocycles. The van der Waals surface area contributed by atoms with Crippen LogP contribution in [0.5, 0.6) is 11.5 Å². The highest BCUT2D eigenvalue weighted by Crippen LogP contribution is 2.35. The molecule has 31 heavy (non-hydrogen) atoms. The van der Waals surface area contributed by atoms with Crippen molar-refractivity contribution in [3.8, 4) is 11.5 Å². The van der Waals surface area contributed by atoms with Crippen molar-refractivity contribution in [2.24, 2.45) is 5.92 Å². The van der Waals surface area contributed by atoms with Gasteiger partial charge in [0, 0.05) is 19.6 Å². The summed E-state index contributed by atoms with van der Waals surface area (Å²) in [5.74, 6) is 2.36. The van der Waals surface area contributed by atoms with Crippen molar-refractivity contribution < 1.29 is 14.3 Å². The molecule has 8 nitrogen and oxygen atoms in total. The molecule has 1 N–H and O–H groups in total. The normalized spacial score (nSPS) is 17.8. The summed E-state index contributed by atoms with van der Waals surface area (Å²) in [5.41, 5.74) is 1.67. The summed E-state index contributed by atoms with van der Waals surface area (Å²) in [7, 11) is 0. The highest BCUT2D eigenvalue weighted by Gasteiger charge is 2.21. The van der Waals surface area contributed by atoms with E-state index in [4.69, 9.17) is 14.5 Å². The lowest BCUT2D eigenvalue weighted by Crippen LogP contribution is -2.34. The maximum atomic E-state index is 12.4. The Morgan fingerprint density at radius 2 is 2.23 bits per heavy atom. The number of aromatic nitrogens is 3. The van der Waals surface area contributed by atoms with Gasteiger partial charge in [-0.2, -0.15) is 4.98 Å². The van der Waals surface area contributed by atoms with Crippen LogP contribution in [0.1, 0.15) is 25.3 Å². The van der Waals surface area contributed by atoms with Gasteiger partial charge < -0.3 is 19.7 Å². The van der Waals surface area contributed by atoms with Gasteiger partial charge in [-0.15, -0.1) is 0 Å². The first-order valence-electron chi connectivity index (χ1n) is 10.3. The molecule has 0 spiro atoms. The maximum Gasteiger partial charge on any atom is 0.231 e. The van der Waals surface area contributed by atoms with E-state index in [0.29, 0.717) is 23.9 Å². The van der Waals surface area contributed by atoms with Crippen LogP contribution in [0.2, 0.25) is 0 Å². The van der Waals surface area contributed by atoms with Gasteiger partial charge in [-0.25, -0.2) is 9.97 Å². The number of thiazole rings is 1. The number of nitrogens with one attached hydrogen (secondary N) is 1. The number of carbonyl (C=O) groups is 1. The zero-order valence-corrected chi connectivity index (χ0v) is 18.8. The van der Waals surface area contributed by atoms with Crippen LogP contribution in [0.25, 0.3) is 10.3 Å². The standard InChI is InChI=1S/C21H23N5O3S2/c1-13-3-2-6-26(9-13)21-25-19-18(31-21)20(24-11-23-19)30-10-17(27)22-8-14-4-5-15-16(7-14)29-12-28-15/h4-5,7,11,13H,2-3,6,8-10,12H2,1H3,(H,22,27)/t13-/m0/s1. The first kappa shape index (κ1) is 20.3. The highest BCUT2D eigenvalue weighted by molar-refractivity contribution is 8.00. The number of piperidine rings is 1. The largest absolute Gasteiger partial charge is 0.454 e. The molecule has 1 aromatic carbocycles. The van der Waals surface area contributed by atoms with Gasteiger partial charge in [-0.3, -0.25) is 4.79 Å². The lowest BCUT2D eigenvalue weighted by Gasteiger charge is -2.30. The minimum absolute atomic E-state index is 0.0518. The molecule has 1 amide bonds. The summed E-state index contributed by atoms with van der Waals surface area (Å²) >= 11 is 3.04. The lowest BCUT2D eigenvalue weighted by atomic mass is 10.0. The van der Waals surface area contributed by atoms with Crippen molar-refractivity contribution in [3.63, 3.8) is 0 Å². The summed E-state index contributed by atoms with van der Waals surface area (Å²) in [6.07, 6.45) is 3.98. The topological polar surface area (TPSA) is 89.5 Å². The molecule has 0 saturated carbocycles. The van der Waals surface area contributed by atoms with E-state index < -0.39 is 0 Å². The van der Waals surface area contributed by atoms with E-state index in [-0.39, 0.29) is 18.5 Å². The molecule has 5 rings (SSSR count). The minimum atomic E-state index is -0.0518. The second-order valence-electron chi connectivity index (χ2n) is 7.77. The Labute approximate surface area is 188 Å². The Morgan fingerprint density at radius 3 is 3.13 bits per heavy atom. The number of carbonyl (C=O) groups excluding carboxylic acids is 1. The van der Waals surface area contributed by atoms with Gasteiger partial charge in [0.15, 0.2) is 22.3 Å². The molecule has 2 aliphatic rings. The number of ether oxygens (including phenoxy) is 2. The van der Waals surface area contributed by atoms with E-state index in [1.165, 1.54) is 30.9 Å². The van der Waals surface area contributed by atoms with Crippen LogP contribution in [0.3, 0.4) is 0 Å². The summed E-state index contributed by atoms with van der Waals surface area (Å²) in [5, 5.41) is 4.75. The number of nitrogens with zero attached hydrogens (tertiary/aromatic N) is 4. The second kappa shape index (κ2) is 8.88. The molecular weight excluding hydrogens is 434 g/mol. The van der Waals surface area contributed by atoms with Crippen LogP contribution in [0.15, 0.2) is 29.6 Å². The summed E-state index contributed by atoms with van der Waals surface area (Å²) in [6.45, 7) is 5.02. The first-order chi connectivity index (χ1) is 15.2. The summed E-state index contributed by atoms with van der Waals surface area (Å²) < 4.78 is 11.6. The van der Waals surface area contributed by atoms with Gasteiger partial charge in [0.25, 0.3) is 0 Å². The van der Waals surface area contributed by atoms with Crippen molar-refractivity contribution in [2.75, 3.05) is 30.5 Å². The summed E-state index contributed by atoms with van der Waals surface area (Å²) in [4.78, 5) is 28.2. The number of hydrogen-bond acceptors (Lipinski definition) is 9. The van der Waals surface area contributed by atoms with Crippen LogP contribution < -0.4 is 19.7 Å². The van der Waals surface area contributed by atoms with Crippen molar-refractivity contribution in [3.05, 3.63) is 30.1 Å². The van der Waals surface area contributed by atoms with Gasteiger partial charge in [-0.05, 0) is 36.5 Å². The smallest absolute Gasteiger partial charge is 0.231 e. The van der Waals surface area contributed by atoms with Crippen LogP contribution in [0.4, 0.5) is 5.13 Å². The predicted octanol–water partition coefficient (Wildman–Crippen LogP) is 3.46. The van der Waals surface area contributed by atoms with E-state index in [9.17, 15) is 4.79 Å². The average Bonchev–Trinajstić information content (AvgIpc) is 3.43. The molecule has 162 valence electrons. The number of thioether (sulfide) groups is 1. The van der Waals surface area contributed by atoms with Crippen molar-refractivity contribution in [1.29, 1.82) is 0 Å². The summed E-state index contributed by atoms with van der Waals surface area (Å²) in [6, 6.07) is 5.68. The van der Waals surface area contributed by atoms with Gasteiger partial charge >= 0.3 is 0 Å². The minimum Gasteiger partial charge on any atom is -0.454 e. The zero-order chi connectivity index (χ0) is 21.2. The molecule has 0 aliphatic carbocycles. The zero-order valence-electron chi connectivity index (χ0n) is 17.2. The van der Waals surface area contributed by atoms with Crippen molar-refractivity contribution >= 4 is 44.5 Å². The van der Waals surface area contributed by atoms with Gasteiger partial charge in [0.05, 0.1) is 5.75 Å². The Bertz CT molecular complexity index is 1110. The molecule has 3 aromatic rings. The molecule has 1 saturated heterocycles. The first-order valence-corrected chi connectivity index (χ1v) is 12.1. The fourth-order valence-electron chi connectivity index (χ4n) is 3.76. The Hall–Kier alpha value is -2.59. The second-order valence-corrected chi connectivity index (χ2v) is 9.72. The van der Waals surface area contributed by atoms with Crippen LogP contribution in [-0.4, -0.2) is 46.5 Å². The number of amides is 1. The van der Waals surface area contributed by atoms with E-state index in [0.717, 1.165) is 39.3 Å². The molecule has 10 heteroatoms. The Balaban J connectivity index is 1.20. The van der Waals surface area contributed by atoms with E-state index >= 15 is 0 Å². The van der Waals surface area contributed by atoms with Crippen LogP contribution in [-0.2, 0) is 11.3 Å². The molecule has 1 atom stereocenters. The fourth-order valence-corrected chi connectivity index (χ4v) is 5.72. The molecule has 4 heterocycles. The molecule has 0 bridgehead atoms. The van der Waals surface area contributed by atoms with Gasteiger partial charge in [0.1, 0.15) is 16.1 Å². The highest BCUT2D eigenvalue weighted by atomic mass is 32.2. The SMILES string of the molecule is C[C@H]1CCCN(c2nc3ncnc(SCC(=O)NCc4ccc5c(c4)OCO5)c3s2)C1. The molecule has 0 unspecified atom stereocenters. The average molecular weight is 458 g/mol. The van der Waals surface area contributed by atoms with Crippen LogP contribution >= 0.6 is 23.1 Å². The third-order valence-corrected chi connectivity index (χ3v) is 7.57. The third kappa shape index (κ3) is 4.54. The number of rotatable bonds is 6. The van der Waals surface area contributed by atoms with Gasteiger partial charge in [0.2, 0.25) is 12.7 Å². The quantitative estimate of drug-likeness (QED) is 0.445. The lowest BCUT2D eigenvalue weighted by molar-refractivity contribution is -0.118. The number of benzene rings is 1. The van der Waals surface area contributed by atoms with Crippen LogP contribution in [0, 0.1) is 5.92 Å². The van der Waals surface area contributed by atoms with E-state index in [2.05, 4.69) is 27.1 Å². The van der Waals surface area contributed by atoms with Crippen molar-refractivity contribution in [2.45, 2.75) is 31.3 Å². The molecule has 1 fully saturated rings. The molecular formula is C21H23N5O3S2. The molecule has 0 radical (unpaired) electrons. The maximum absolute atomic E-state index is 12.4. The fraction of sp³-hybridized carbons (Fsp3) is 0.429. The molecule has 2 aromatic heterocycles.